The van der Waals surface area contributed by atoms with Gasteiger partial charge in [-0.3, -0.25) is 14.6 Å². The summed E-state index contributed by atoms with van der Waals surface area (Å²) < 4.78 is 0. The van der Waals surface area contributed by atoms with Crippen LogP contribution in [0.1, 0.15) is 29.3 Å². The zero-order chi connectivity index (χ0) is 19.2. The normalized spacial score (nSPS) is 13.4. The quantitative estimate of drug-likeness (QED) is 0.818. The van der Waals surface area contributed by atoms with Crippen LogP contribution >= 0.6 is 0 Å². The minimum absolute atomic E-state index is 0.277. The molecule has 0 atom stereocenters. The van der Waals surface area contributed by atoms with Gasteiger partial charge in [0, 0.05) is 30.8 Å². The summed E-state index contributed by atoms with van der Waals surface area (Å²) in [6, 6.07) is 16.9. The van der Waals surface area contributed by atoms with Crippen molar-refractivity contribution in [1.82, 2.24) is 4.90 Å². The molecular formula is C21H23N3O3. The minimum Gasteiger partial charge on any atom is -0.480 e. The second kappa shape index (κ2) is 8.49. The number of hydrogen-bond donors (Lipinski definition) is 1. The number of aliphatic carboxylic acids is 1. The molecule has 0 spiro atoms. The maximum Gasteiger partial charge on any atom is 0.323 e. The fourth-order valence-electron chi connectivity index (χ4n) is 3.04. The van der Waals surface area contributed by atoms with Crippen LogP contribution < -0.4 is 5.01 Å². The first-order valence-electron chi connectivity index (χ1n) is 8.99. The van der Waals surface area contributed by atoms with Crippen LogP contribution in [0.25, 0.3) is 0 Å². The standard InChI is InChI=1S/C21H23N3O3/c1-16-11-14-24(22-16)19-9-7-18(8-10-19)21(27)23(15-20(25)26)13-12-17-5-3-2-4-6-17/h2-10H,11-15H2,1H3,(H,25,26). The number of carbonyl (C=O) groups excluding carboxylic acids is 1. The molecule has 27 heavy (non-hydrogen) atoms. The Morgan fingerprint density at radius 3 is 2.41 bits per heavy atom. The highest BCUT2D eigenvalue weighted by atomic mass is 16.4. The number of carboxylic acid groups (broad SMARTS) is 1. The highest BCUT2D eigenvalue weighted by Gasteiger charge is 2.19. The Morgan fingerprint density at radius 1 is 1.11 bits per heavy atom. The molecule has 140 valence electrons. The molecule has 0 unspecified atom stereocenters. The first kappa shape index (κ1) is 18.6. The first-order valence-corrected chi connectivity index (χ1v) is 8.99. The van der Waals surface area contributed by atoms with Crippen molar-refractivity contribution in [2.24, 2.45) is 5.10 Å². The van der Waals surface area contributed by atoms with E-state index in [2.05, 4.69) is 5.10 Å². The van der Waals surface area contributed by atoms with Crippen LogP contribution in [-0.4, -0.2) is 47.2 Å². The lowest BCUT2D eigenvalue weighted by Gasteiger charge is -2.21. The smallest absolute Gasteiger partial charge is 0.323 e. The van der Waals surface area contributed by atoms with Crippen LogP contribution in [0.2, 0.25) is 0 Å². The Labute approximate surface area is 158 Å². The molecule has 2 aromatic rings. The van der Waals surface area contributed by atoms with Gasteiger partial charge in [0.25, 0.3) is 5.91 Å². The van der Waals surface area contributed by atoms with Crippen LogP contribution in [0.15, 0.2) is 59.7 Å². The van der Waals surface area contributed by atoms with Crippen molar-refractivity contribution in [2.75, 3.05) is 24.6 Å². The molecule has 0 fully saturated rings. The molecule has 0 bridgehead atoms. The van der Waals surface area contributed by atoms with E-state index in [1.54, 1.807) is 12.1 Å². The highest BCUT2D eigenvalue weighted by molar-refractivity contribution is 5.96. The fourth-order valence-corrected chi connectivity index (χ4v) is 3.04. The summed E-state index contributed by atoms with van der Waals surface area (Å²) in [4.78, 5) is 25.4. The second-order valence-electron chi connectivity index (χ2n) is 6.61. The van der Waals surface area contributed by atoms with E-state index in [0.717, 1.165) is 29.9 Å². The Kier molecular flexibility index (Phi) is 5.86. The van der Waals surface area contributed by atoms with Crippen molar-refractivity contribution in [1.29, 1.82) is 0 Å². The zero-order valence-corrected chi connectivity index (χ0v) is 15.3. The van der Waals surface area contributed by atoms with Gasteiger partial charge < -0.3 is 10.0 Å². The number of carbonyl (C=O) groups is 2. The molecule has 1 aliphatic heterocycles. The predicted octanol–water partition coefficient (Wildman–Crippen LogP) is 3.04. The maximum absolute atomic E-state index is 12.8. The fraction of sp³-hybridized carbons (Fsp3) is 0.286. The van der Waals surface area contributed by atoms with Crippen molar-refractivity contribution in [3.63, 3.8) is 0 Å². The van der Waals surface area contributed by atoms with Crippen LogP contribution in [0, 0.1) is 0 Å². The number of amides is 1. The van der Waals surface area contributed by atoms with Gasteiger partial charge in [0.2, 0.25) is 0 Å². The van der Waals surface area contributed by atoms with E-state index in [0.29, 0.717) is 18.5 Å². The van der Waals surface area contributed by atoms with Crippen molar-refractivity contribution >= 4 is 23.3 Å². The molecule has 3 rings (SSSR count). The predicted molar refractivity (Wildman–Crippen MR) is 105 cm³/mol. The molecule has 0 aliphatic carbocycles. The van der Waals surface area contributed by atoms with E-state index in [-0.39, 0.29) is 12.5 Å². The molecule has 6 heteroatoms. The molecule has 2 aromatic carbocycles. The summed E-state index contributed by atoms with van der Waals surface area (Å²) in [6.45, 7) is 2.87. The monoisotopic (exact) mass is 365 g/mol. The average molecular weight is 365 g/mol. The molecule has 0 saturated carbocycles. The highest BCUT2D eigenvalue weighted by Crippen LogP contribution is 2.20. The van der Waals surface area contributed by atoms with E-state index in [1.807, 2.05) is 54.4 Å². The summed E-state index contributed by atoms with van der Waals surface area (Å²) in [5.41, 5.74) is 3.56. The topological polar surface area (TPSA) is 73.2 Å². The Hall–Kier alpha value is -3.15. The van der Waals surface area contributed by atoms with Gasteiger partial charge in [0.1, 0.15) is 6.54 Å². The largest absolute Gasteiger partial charge is 0.480 e. The summed E-state index contributed by atoms with van der Waals surface area (Å²) in [7, 11) is 0. The molecule has 1 N–H and O–H groups in total. The van der Waals surface area contributed by atoms with Gasteiger partial charge in [-0.15, -0.1) is 0 Å². The van der Waals surface area contributed by atoms with Crippen molar-refractivity contribution < 1.29 is 14.7 Å². The van der Waals surface area contributed by atoms with E-state index < -0.39 is 5.97 Å². The number of benzene rings is 2. The minimum atomic E-state index is -1.02. The van der Waals surface area contributed by atoms with Gasteiger partial charge in [0.15, 0.2) is 0 Å². The number of carboxylic acids is 1. The summed E-state index contributed by atoms with van der Waals surface area (Å²) >= 11 is 0. The summed E-state index contributed by atoms with van der Waals surface area (Å²) in [6.07, 6.45) is 1.55. The van der Waals surface area contributed by atoms with Gasteiger partial charge in [-0.1, -0.05) is 30.3 Å². The molecule has 0 saturated heterocycles. The Morgan fingerprint density at radius 2 is 1.81 bits per heavy atom. The van der Waals surface area contributed by atoms with Gasteiger partial charge in [0.05, 0.1) is 5.69 Å². The summed E-state index contributed by atoms with van der Waals surface area (Å²) in [5.74, 6) is -1.30. The van der Waals surface area contributed by atoms with Gasteiger partial charge in [-0.05, 0) is 43.2 Å². The molecule has 1 amide bonds. The van der Waals surface area contributed by atoms with Crippen molar-refractivity contribution in [3.8, 4) is 0 Å². The average Bonchev–Trinajstić information content (AvgIpc) is 3.11. The molecule has 0 aromatic heterocycles. The lowest BCUT2D eigenvalue weighted by atomic mass is 10.1. The SMILES string of the molecule is CC1=NN(c2ccc(C(=O)N(CCc3ccccc3)CC(=O)O)cc2)CC1. The number of rotatable bonds is 7. The van der Waals surface area contributed by atoms with E-state index in [1.165, 1.54) is 4.90 Å². The van der Waals surface area contributed by atoms with Crippen molar-refractivity contribution in [2.45, 2.75) is 19.8 Å². The number of hydrazone groups is 1. The third-order valence-electron chi connectivity index (χ3n) is 4.52. The third kappa shape index (κ3) is 4.94. The van der Waals surface area contributed by atoms with Crippen molar-refractivity contribution in [3.05, 3.63) is 65.7 Å². The Balaban J connectivity index is 1.70. The Bertz CT molecular complexity index is 832. The first-order chi connectivity index (χ1) is 13.0. The van der Waals surface area contributed by atoms with E-state index in [4.69, 9.17) is 0 Å². The lowest BCUT2D eigenvalue weighted by Crippen LogP contribution is -2.37. The van der Waals surface area contributed by atoms with E-state index >= 15 is 0 Å². The maximum atomic E-state index is 12.8. The number of nitrogens with zero attached hydrogens (tertiary/aromatic N) is 3. The third-order valence-corrected chi connectivity index (χ3v) is 4.52. The molecular weight excluding hydrogens is 342 g/mol. The van der Waals surface area contributed by atoms with Crippen LogP contribution in [0.5, 0.6) is 0 Å². The molecule has 6 nitrogen and oxygen atoms in total. The molecule has 1 heterocycles. The van der Waals surface area contributed by atoms with Gasteiger partial charge in [-0.25, -0.2) is 0 Å². The molecule has 0 radical (unpaired) electrons. The van der Waals surface area contributed by atoms with Crippen LogP contribution in [0.3, 0.4) is 0 Å². The summed E-state index contributed by atoms with van der Waals surface area (Å²) in [5, 5.41) is 15.5. The lowest BCUT2D eigenvalue weighted by molar-refractivity contribution is -0.137. The van der Waals surface area contributed by atoms with Crippen LogP contribution in [-0.2, 0) is 11.2 Å². The zero-order valence-electron chi connectivity index (χ0n) is 15.3. The second-order valence-corrected chi connectivity index (χ2v) is 6.61. The number of hydrogen-bond acceptors (Lipinski definition) is 4. The van der Waals surface area contributed by atoms with Gasteiger partial charge in [-0.2, -0.15) is 5.10 Å². The number of anilines is 1. The van der Waals surface area contributed by atoms with Crippen LogP contribution in [0.4, 0.5) is 5.69 Å². The van der Waals surface area contributed by atoms with Gasteiger partial charge >= 0.3 is 5.97 Å². The molecule has 1 aliphatic rings. The van der Waals surface area contributed by atoms with E-state index in [9.17, 15) is 14.7 Å².